The number of aromatic nitrogens is 4. The van der Waals surface area contributed by atoms with Gasteiger partial charge in [-0.25, -0.2) is 10.3 Å². The molecule has 7 heteroatoms. The minimum atomic E-state index is -0.840. The van der Waals surface area contributed by atoms with Crippen molar-refractivity contribution in [2.24, 2.45) is 0 Å². The lowest BCUT2D eigenvalue weighted by atomic mass is 11.1. The molecule has 1 rings (SSSR count). The molecule has 0 aliphatic rings. The van der Waals surface area contributed by atoms with E-state index in [0.29, 0.717) is 4.80 Å². The first-order chi connectivity index (χ1) is 4.34. The Morgan fingerprint density at radius 2 is 2.56 bits per heavy atom. The zero-order valence-electron chi connectivity index (χ0n) is 4.22. The molecule has 1 heterocycles. The molecule has 2 N–H and O–H groups in total. The molecule has 0 radical (unpaired) electrons. The molecule has 7 nitrogen and oxygen atoms in total. The van der Waals surface area contributed by atoms with E-state index in [9.17, 15) is 4.79 Å². The monoisotopic (exact) mass is 129 g/mol. The van der Waals surface area contributed by atoms with Gasteiger partial charge in [0.15, 0.2) is 6.33 Å². The van der Waals surface area contributed by atoms with Crippen molar-refractivity contribution in [2.45, 2.75) is 0 Å². The Balaban J connectivity index is 2.77. The van der Waals surface area contributed by atoms with Crippen molar-refractivity contribution in [3.8, 4) is 0 Å². The van der Waals surface area contributed by atoms with Crippen LogP contribution in [-0.4, -0.2) is 31.4 Å². The fourth-order valence-electron chi connectivity index (χ4n) is 0.305. The van der Waals surface area contributed by atoms with Gasteiger partial charge in [-0.1, -0.05) is 4.80 Å². The molecule has 1 amide bonds. The molecule has 0 aliphatic carbocycles. The van der Waals surface area contributed by atoms with Gasteiger partial charge in [0.25, 0.3) is 0 Å². The first kappa shape index (κ1) is 5.63. The molecule has 0 saturated heterocycles. The Hall–Kier alpha value is -1.50. The molecule has 9 heavy (non-hydrogen) atoms. The summed E-state index contributed by atoms with van der Waals surface area (Å²) >= 11 is 0. The van der Waals surface area contributed by atoms with Crippen LogP contribution in [0.4, 0.5) is 4.79 Å². The summed E-state index contributed by atoms with van der Waals surface area (Å²) in [5.41, 5.74) is 1.33. The van der Waals surface area contributed by atoms with Crippen molar-refractivity contribution < 1.29 is 10.0 Å². The molecular formula is C2H3N5O2. The maximum Gasteiger partial charge on any atom is 0.384 e. The van der Waals surface area contributed by atoms with Crippen LogP contribution in [0.15, 0.2) is 6.33 Å². The van der Waals surface area contributed by atoms with Crippen LogP contribution in [0, 0.1) is 0 Å². The molecule has 48 valence electrons. The smallest absolute Gasteiger partial charge is 0.287 e. The molecule has 0 aromatic carbocycles. The van der Waals surface area contributed by atoms with Crippen molar-refractivity contribution in [3.05, 3.63) is 6.33 Å². The van der Waals surface area contributed by atoms with Crippen molar-refractivity contribution >= 4 is 6.03 Å². The number of nitrogens with zero attached hydrogens (tertiary/aromatic N) is 4. The highest BCUT2D eigenvalue weighted by Crippen LogP contribution is 1.69. The van der Waals surface area contributed by atoms with E-state index in [2.05, 4.69) is 15.4 Å². The Labute approximate surface area is 49.2 Å². The Kier molecular flexibility index (Phi) is 1.36. The molecule has 0 saturated carbocycles. The number of carbonyl (C=O) groups is 1. The minimum Gasteiger partial charge on any atom is -0.287 e. The predicted molar refractivity (Wildman–Crippen MR) is 23.5 cm³/mol. The van der Waals surface area contributed by atoms with Gasteiger partial charge in [0.2, 0.25) is 0 Å². The Morgan fingerprint density at radius 3 is 3.00 bits per heavy atom. The molecular weight excluding hydrogens is 126 g/mol. The topological polar surface area (TPSA) is 92.9 Å². The number of carbonyl (C=O) groups excluding carboxylic acids is 1. The number of hydrogen-bond donors (Lipinski definition) is 2. The molecule has 0 fully saturated rings. The second kappa shape index (κ2) is 2.18. The van der Waals surface area contributed by atoms with Crippen LogP contribution < -0.4 is 5.48 Å². The summed E-state index contributed by atoms with van der Waals surface area (Å²) in [4.78, 5) is 10.9. The summed E-state index contributed by atoms with van der Waals surface area (Å²) in [6, 6.07) is -0.840. The van der Waals surface area contributed by atoms with Crippen LogP contribution in [0.5, 0.6) is 0 Å². The first-order valence-corrected chi connectivity index (χ1v) is 2.02. The fraction of sp³-hybridized carbons (Fsp3) is 0. The van der Waals surface area contributed by atoms with E-state index in [4.69, 9.17) is 5.21 Å². The minimum absolute atomic E-state index is 0.611. The van der Waals surface area contributed by atoms with Gasteiger partial charge in [0, 0.05) is 0 Å². The third-order valence-electron chi connectivity index (χ3n) is 0.626. The Morgan fingerprint density at radius 1 is 1.78 bits per heavy atom. The standard InChI is InChI=1S/C2H3N5O2/c8-2(5-9)7-4-1-3-6-7/h1,9H,(H,5,8). The van der Waals surface area contributed by atoms with Gasteiger partial charge in [0.1, 0.15) is 0 Å². The number of hydroxylamine groups is 1. The first-order valence-electron chi connectivity index (χ1n) is 2.02. The summed E-state index contributed by atoms with van der Waals surface area (Å²) in [6.07, 6.45) is 1.08. The molecule has 0 aliphatic heterocycles. The quantitative estimate of drug-likeness (QED) is 0.332. The maximum absolute atomic E-state index is 10.3. The van der Waals surface area contributed by atoms with Crippen molar-refractivity contribution in [2.75, 3.05) is 0 Å². The van der Waals surface area contributed by atoms with Gasteiger partial charge in [0.05, 0.1) is 0 Å². The summed E-state index contributed by atoms with van der Waals surface area (Å²) in [5, 5.41) is 17.7. The Bertz CT molecular complexity index is 193. The van der Waals surface area contributed by atoms with Crippen LogP contribution >= 0.6 is 0 Å². The lowest BCUT2D eigenvalue weighted by Gasteiger charge is -1.89. The van der Waals surface area contributed by atoms with Gasteiger partial charge in [-0.2, -0.15) is 0 Å². The molecule has 0 unspecified atom stereocenters. The fourth-order valence-corrected chi connectivity index (χ4v) is 0.305. The van der Waals surface area contributed by atoms with Gasteiger partial charge < -0.3 is 0 Å². The van der Waals surface area contributed by atoms with E-state index in [-0.39, 0.29) is 0 Å². The summed E-state index contributed by atoms with van der Waals surface area (Å²) < 4.78 is 0. The molecule has 0 bridgehead atoms. The summed E-state index contributed by atoms with van der Waals surface area (Å²) in [5.74, 6) is 0. The zero-order valence-corrected chi connectivity index (χ0v) is 4.22. The lowest BCUT2D eigenvalue weighted by Crippen LogP contribution is -2.27. The number of hydrogen-bond acceptors (Lipinski definition) is 5. The van der Waals surface area contributed by atoms with Gasteiger partial charge in [-0.3, -0.25) is 5.21 Å². The highest BCUT2D eigenvalue weighted by molar-refractivity contribution is 5.72. The van der Waals surface area contributed by atoms with Crippen molar-refractivity contribution in [1.82, 2.24) is 25.7 Å². The van der Waals surface area contributed by atoms with Crippen LogP contribution in [-0.2, 0) is 0 Å². The molecule has 1 aromatic heterocycles. The molecule has 0 spiro atoms. The average Bonchev–Trinajstić information content (AvgIpc) is 2.37. The van der Waals surface area contributed by atoms with Gasteiger partial charge in [-0.05, 0) is 5.21 Å². The summed E-state index contributed by atoms with van der Waals surface area (Å²) in [7, 11) is 0. The van der Waals surface area contributed by atoms with Crippen molar-refractivity contribution in [1.29, 1.82) is 0 Å². The number of amides is 1. The molecule has 1 aromatic rings. The largest absolute Gasteiger partial charge is 0.384 e. The van der Waals surface area contributed by atoms with E-state index in [1.807, 2.05) is 0 Å². The van der Waals surface area contributed by atoms with E-state index in [1.165, 1.54) is 5.48 Å². The number of tetrazole rings is 1. The third-order valence-corrected chi connectivity index (χ3v) is 0.626. The highest BCUT2D eigenvalue weighted by atomic mass is 16.5. The third kappa shape index (κ3) is 0.995. The second-order valence-corrected chi connectivity index (χ2v) is 1.14. The number of nitrogens with one attached hydrogen (secondary N) is 1. The van der Waals surface area contributed by atoms with E-state index < -0.39 is 6.03 Å². The maximum atomic E-state index is 10.3. The van der Waals surface area contributed by atoms with Crippen molar-refractivity contribution in [3.63, 3.8) is 0 Å². The zero-order chi connectivity index (χ0) is 6.69. The van der Waals surface area contributed by atoms with Crippen LogP contribution in [0.2, 0.25) is 0 Å². The normalized spacial score (nSPS) is 9.00. The lowest BCUT2D eigenvalue weighted by molar-refractivity contribution is 0.157. The second-order valence-electron chi connectivity index (χ2n) is 1.14. The van der Waals surface area contributed by atoms with Gasteiger partial charge >= 0.3 is 6.03 Å². The van der Waals surface area contributed by atoms with E-state index in [1.54, 1.807) is 0 Å². The van der Waals surface area contributed by atoms with Crippen LogP contribution in [0.3, 0.4) is 0 Å². The SMILES string of the molecule is O=C(NO)n1ncnn1. The van der Waals surface area contributed by atoms with Crippen LogP contribution in [0.25, 0.3) is 0 Å². The highest BCUT2D eigenvalue weighted by Gasteiger charge is 2.01. The predicted octanol–water partition coefficient (Wildman–Crippen LogP) is -1.38. The molecule has 0 atom stereocenters. The average molecular weight is 129 g/mol. The van der Waals surface area contributed by atoms with E-state index >= 15 is 0 Å². The summed E-state index contributed by atoms with van der Waals surface area (Å²) in [6.45, 7) is 0. The van der Waals surface area contributed by atoms with Crippen LogP contribution in [0.1, 0.15) is 0 Å². The number of rotatable bonds is 0. The van der Waals surface area contributed by atoms with E-state index in [0.717, 1.165) is 6.33 Å². The van der Waals surface area contributed by atoms with Gasteiger partial charge in [-0.15, -0.1) is 10.2 Å².